The van der Waals surface area contributed by atoms with Gasteiger partial charge in [0, 0.05) is 6.20 Å². The van der Waals surface area contributed by atoms with Crippen LogP contribution < -0.4 is 5.73 Å². The Kier molecular flexibility index (Phi) is 2.97. The van der Waals surface area contributed by atoms with Crippen LogP contribution in [0.25, 0.3) is 11.6 Å². The van der Waals surface area contributed by atoms with E-state index in [0.29, 0.717) is 11.7 Å². The minimum absolute atomic E-state index is 0.0739. The van der Waals surface area contributed by atoms with Gasteiger partial charge in [0.2, 0.25) is 0 Å². The molecule has 0 spiro atoms. The Morgan fingerprint density at radius 1 is 1.30 bits per heavy atom. The zero-order chi connectivity index (χ0) is 14.3. The summed E-state index contributed by atoms with van der Waals surface area (Å²) >= 11 is 0. The molecule has 1 atom stereocenters. The van der Waals surface area contributed by atoms with E-state index in [0.717, 1.165) is 25.1 Å². The highest BCUT2D eigenvalue weighted by Gasteiger charge is 2.33. The number of hydrogen-bond acceptors (Lipinski definition) is 5. The molecule has 2 N–H and O–H groups in total. The van der Waals surface area contributed by atoms with Gasteiger partial charge in [0.05, 0.1) is 11.6 Å². The summed E-state index contributed by atoms with van der Waals surface area (Å²) in [6.45, 7) is 0. The number of pyridine rings is 1. The molecule has 0 radical (unpaired) electrons. The molecule has 0 aromatic carbocycles. The highest BCUT2D eigenvalue weighted by molar-refractivity contribution is 5.46. The predicted octanol–water partition coefficient (Wildman–Crippen LogP) is 2.56. The summed E-state index contributed by atoms with van der Waals surface area (Å²) in [6.07, 6.45) is -1.62. The molecular weight excluding hydrogens is 273 g/mol. The Morgan fingerprint density at radius 3 is 2.60 bits per heavy atom. The van der Waals surface area contributed by atoms with Gasteiger partial charge in [-0.3, -0.25) is 4.98 Å². The van der Waals surface area contributed by atoms with Crippen LogP contribution in [-0.4, -0.2) is 15.1 Å². The molecule has 2 heterocycles. The second-order valence-electron chi connectivity index (χ2n) is 4.75. The van der Waals surface area contributed by atoms with Gasteiger partial charge in [0.15, 0.2) is 5.82 Å². The first-order chi connectivity index (χ1) is 9.45. The molecule has 0 saturated heterocycles. The minimum atomic E-state index is -4.42. The molecule has 0 bridgehead atoms. The Bertz CT molecular complexity index is 604. The summed E-state index contributed by atoms with van der Waals surface area (Å²) in [6, 6.07) is 1.83. The minimum Gasteiger partial charge on any atom is -0.332 e. The van der Waals surface area contributed by atoms with Crippen molar-refractivity contribution in [3.63, 3.8) is 0 Å². The summed E-state index contributed by atoms with van der Waals surface area (Å²) < 4.78 is 42.2. The number of nitrogens with two attached hydrogens (primary N) is 1. The Balaban J connectivity index is 1.82. The van der Waals surface area contributed by atoms with Gasteiger partial charge in [0.1, 0.15) is 5.69 Å². The van der Waals surface area contributed by atoms with Gasteiger partial charge in [-0.25, -0.2) is 0 Å². The van der Waals surface area contributed by atoms with E-state index in [1.54, 1.807) is 0 Å². The van der Waals surface area contributed by atoms with Crippen LogP contribution >= 0.6 is 0 Å². The Hall–Kier alpha value is -1.96. The van der Waals surface area contributed by atoms with E-state index in [1.165, 1.54) is 6.07 Å². The lowest BCUT2D eigenvalue weighted by atomic mass is 10.2. The first-order valence-corrected chi connectivity index (χ1v) is 6.08. The molecule has 8 heteroatoms. The van der Waals surface area contributed by atoms with Gasteiger partial charge in [0.25, 0.3) is 5.89 Å². The lowest BCUT2D eigenvalue weighted by molar-refractivity contribution is -0.137. The third-order valence-electron chi connectivity index (χ3n) is 3.18. The maximum absolute atomic E-state index is 12.4. The van der Waals surface area contributed by atoms with Crippen LogP contribution in [0.1, 0.15) is 30.3 Å². The largest absolute Gasteiger partial charge is 0.417 e. The van der Waals surface area contributed by atoms with E-state index in [9.17, 15) is 13.2 Å². The van der Waals surface area contributed by atoms with Crippen molar-refractivity contribution in [1.82, 2.24) is 15.1 Å². The van der Waals surface area contributed by atoms with E-state index in [4.69, 9.17) is 10.3 Å². The molecule has 2 aromatic heterocycles. The summed E-state index contributed by atoms with van der Waals surface area (Å²) in [4.78, 5) is 7.78. The van der Waals surface area contributed by atoms with E-state index >= 15 is 0 Å². The maximum Gasteiger partial charge on any atom is 0.417 e. The van der Waals surface area contributed by atoms with Crippen LogP contribution in [0.15, 0.2) is 22.9 Å². The van der Waals surface area contributed by atoms with Crippen molar-refractivity contribution in [3.05, 3.63) is 29.7 Å². The summed E-state index contributed by atoms with van der Waals surface area (Å²) in [5.74, 6) is 0.801. The molecular formula is C12H11F3N4O. The molecule has 20 heavy (non-hydrogen) atoms. The first kappa shape index (κ1) is 13.0. The van der Waals surface area contributed by atoms with Crippen molar-refractivity contribution in [2.45, 2.75) is 25.1 Å². The summed E-state index contributed by atoms with van der Waals surface area (Å²) in [5, 5.41) is 3.75. The molecule has 1 fully saturated rings. The predicted molar refractivity (Wildman–Crippen MR) is 62.2 cm³/mol. The molecule has 0 amide bonds. The van der Waals surface area contributed by atoms with Crippen molar-refractivity contribution in [1.29, 1.82) is 0 Å². The normalized spacial score (nSPS) is 17.2. The van der Waals surface area contributed by atoms with Crippen molar-refractivity contribution < 1.29 is 17.7 Å². The zero-order valence-corrected chi connectivity index (χ0v) is 10.3. The Morgan fingerprint density at radius 2 is 2.05 bits per heavy atom. The lowest BCUT2D eigenvalue weighted by Gasteiger charge is -2.05. The van der Waals surface area contributed by atoms with Gasteiger partial charge in [-0.05, 0) is 30.9 Å². The molecule has 0 aliphatic heterocycles. The van der Waals surface area contributed by atoms with Crippen LogP contribution in [0.4, 0.5) is 13.2 Å². The van der Waals surface area contributed by atoms with Gasteiger partial charge < -0.3 is 10.3 Å². The molecule has 1 aliphatic rings. The zero-order valence-electron chi connectivity index (χ0n) is 10.3. The molecule has 1 unspecified atom stereocenters. The Labute approximate surface area is 112 Å². The fourth-order valence-electron chi connectivity index (χ4n) is 1.83. The smallest absolute Gasteiger partial charge is 0.332 e. The maximum atomic E-state index is 12.4. The molecule has 106 valence electrons. The van der Waals surface area contributed by atoms with Crippen LogP contribution in [-0.2, 0) is 6.18 Å². The van der Waals surface area contributed by atoms with Crippen LogP contribution in [0.3, 0.4) is 0 Å². The van der Waals surface area contributed by atoms with Gasteiger partial charge in [-0.1, -0.05) is 5.16 Å². The SMILES string of the molecule is NC(c1noc(-c2ccc(C(F)(F)F)cn2)n1)C1CC1. The average Bonchev–Trinajstić information content (AvgIpc) is 3.14. The number of halogens is 3. The topological polar surface area (TPSA) is 77.8 Å². The molecule has 5 nitrogen and oxygen atoms in total. The summed E-state index contributed by atoms with van der Waals surface area (Å²) in [7, 11) is 0. The number of aromatic nitrogens is 3. The third-order valence-corrected chi connectivity index (χ3v) is 3.18. The monoisotopic (exact) mass is 284 g/mol. The standard InChI is InChI=1S/C12H11F3N4O/c13-12(14,15)7-3-4-8(17-5-7)11-18-10(19-20-11)9(16)6-1-2-6/h3-6,9H,1-2,16H2. The average molecular weight is 284 g/mol. The fourth-order valence-corrected chi connectivity index (χ4v) is 1.83. The van der Waals surface area contributed by atoms with Gasteiger partial charge in [-0.2, -0.15) is 18.2 Å². The number of nitrogens with zero attached hydrogens (tertiary/aromatic N) is 3. The molecule has 2 aromatic rings. The van der Waals surface area contributed by atoms with Crippen molar-refractivity contribution >= 4 is 0 Å². The van der Waals surface area contributed by atoms with Crippen LogP contribution in [0.2, 0.25) is 0 Å². The van der Waals surface area contributed by atoms with Crippen LogP contribution in [0, 0.1) is 5.92 Å². The van der Waals surface area contributed by atoms with Gasteiger partial charge >= 0.3 is 6.18 Å². The van der Waals surface area contributed by atoms with Gasteiger partial charge in [-0.15, -0.1) is 0 Å². The molecule has 3 rings (SSSR count). The van der Waals surface area contributed by atoms with Crippen molar-refractivity contribution in [3.8, 4) is 11.6 Å². The highest BCUT2D eigenvalue weighted by Crippen LogP contribution is 2.38. The quantitative estimate of drug-likeness (QED) is 0.937. The third kappa shape index (κ3) is 2.51. The number of hydrogen-bond donors (Lipinski definition) is 1. The highest BCUT2D eigenvalue weighted by atomic mass is 19.4. The number of rotatable bonds is 3. The van der Waals surface area contributed by atoms with Crippen LogP contribution in [0.5, 0.6) is 0 Å². The molecule has 1 aliphatic carbocycles. The van der Waals surface area contributed by atoms with E-state index in [1.807, 2.05) is 0 Å². The van der Waals surface area contributed by atoms with E-state index in [2.05, 4.69) is 15.1 Å². The molecule has 1 saturated carbocycles. The number of alkyl halides is 3. The second kappa shape index (κ2) is 4.55. The van der Waals surface area contributed by atoms with Crippen molar-refractivity contribution in [2.75, 3.05) is 0 Å². The van der Waals surface area contributed by atoms with E-state index < -0.39 is 11.7 Å². The van der Waals surface area contributed by atoms with Crippen molar-refractivity contribution in [2.24, 2.45) is 11.7 Å². The lowest BCUT2D eigenvalue weighted by Crippen LogP contribution is -2.13. The van der Waals surface area contributed by atoms with E-state index in [-0.39, 0.29) is 17.6 Å². The summed E-state index contributed by atoms with van der Waals surface area (Å²) in [5.41, 5.74) is 5.29. The fraction of sp³-hybridized carbons (Fsp3) is 0.417. The second-order valence-corrected chi connectivity index (χ2v) is 4.75. The first-order valence-electron chi connectivity index (χ1n) is 6.08.